The van der Waals surface area contributed by atoms with Gasteiger partial charge in [0, 0.05) is 24.3 Å². The van der Waals surface area contributed by atoms with Crippen LogP contribution in [0.2, 0.25) is 0 Å². The van der Waals surface area contributed by atoms with Crippen LogP contribution in [0.4, 0.5) is 11.4 Å². The highest BCUT2D eigenvalue weighted by Gasteiger charge is 2.21. The van der Waals surface area contributed by atoms with E-state index in [9.17, 15) is 9.59 Å². The lowest BCUT2D eigenvalue weighted by Crippen LogP contribution is -2.32. The van der Waals surface area contributed by atoms with E-state index in [1.54, 1.807) is 0 Å². The van der Waals surface area contributed by atoms with Crippen molar-refractivity contribution in [1.29, 1.82) is 0 Å². The van der Waals surface area contributed by atoms with Gasteiger partial charge in [0.2, 0.25) is 11.8 Å². The van der Waals surface area contributed by atoms with Crippen LogP contribution in [0.3, 0.4) is 0 Å². The Morgan fingerprint density at radius 1 is 1.11 bits per heavy atom. The largest absolute Gasteiger partial charge is 0.376 e. The average Bonchev–Trinajstić information content (AvgIpc) is 3.08. The summed E-state index contributed by atoms with van der Waals surface area (Å²) in [6.07, 6.45) is 1.54. The van der Waals surface area contributed by atoms with Crippen LogP contribution in [0.1, 0.15) is 42.5 Å². The summed E-state index contributed by atoms with van der Waals surface area (Å²) in [7, 11) is 0. The Labute approximate surface area is 160 Å². The van der Waals surface area contributed by atoms with Crippen LogP contribution < -0.4 is 15.5 Å². The predicted octanol–water partition coefficient (Wildman–Crippen LogP) is 3.72. The Kier molecular flexibility index (Phi) is 5.79. The zero-order valence-corrected chi connectivity index (χ0v) is 16.2. The van der Waals surface area contributed by atoms with Crippen molar-refractivity contribution in [2.45, 2.75) is 39.7 Å². The number of hydrogen-bond acceptors (Lipinski definition) is 3. The number of benzene rings is 2. The standard InChI is InChI=1S/C22H27N3O2/c1-15-6-7-18(13-16(15)2)17(3)24-21(26)14-23-19-8-10-20(11-9-19)25-12-4-5-22(25)27/h6-11,13,17,23H,4-5,12,14H2,1-3H3,(H,24,26). The van der Waals surface area contributed by atoms with Gasteiger partial charge in [-0.25, -0.2) is 0 Å². The molecule has 5 nitrogen and oxygen atoms in total. The van der Waals surface area contributed by atoms with E-state index in [-0.39, 0.29) is 24.4 Å². The molecule has 0 aliphatic carbocycles. The molecule has 1 heterocycles. The van der Waals surface area contributed by atoms with Gasteiger partial charge >= 0.3 is 0 Å². The third kappa shape index (κ3) is 4.67. The summed E-state index contributed by atoms with van der Waals surface area (Å²) < 4.78 is 0. The second kappa shape index (κ2) is 8.25. The number of carbonyl (C=O) groups excluding carboxylic acids is 2. The van der Waals surface area contributed by atoms with Crippen molar-refractivity contribution in [3.63, 3.8) is 0 Å². The molecule has 142 valence electrons. The highest BCUT2D eigenvalue weighted by atomic mass is 16.2. The Bertz CT molecular complexity index is 830. The summed E-state index contributed by atoms with van der Waals surface area (Å²) in [4.78, 5) is 25.8. The lowest BCUT2D eigenvalue weighted by atomic mass is 10.0. The average molecular weight is 365 g/mol. The van der Waals surface area contributed by atoms with Crippen LogP contribution in [0.15, 0.2) is 42.5 Å². The van der Waals surface area contributed by atoms with Crippen molar-refractivity contribution in [3.8, 4) is 0 Å². The number of amides is 2. The first kappa shape index (κ1) is 19.0. The van der Waals surface area contributed by atoms with Crippen LogP contribution >= 0.6 is 0 Å². The van der Waals surface area contributed by atoms with Crippen molar-refractivity contribution < 1.29 is 9.59 Å². The summed E-state index contributed by atoms with van der Waals surface area (Å²) in [5, 5.41) is 6.16. The molecule has 1 saturated heterocycles. The van der Waals surface area contributed by atoms with Crippen molar-refractivity contribution in [2.24, 2.45) is 0 Å². The van der Waals surface area contributed by atoms with Gasteiger partial charge in [-0.05, 0) is 68.1 Å². The molecule has 2 amide bonds. The smallest absolute Gasteiger partial charge is 0.239 e. The number of nitrogens with zero attached hydrogens (tertiary/aromatic N) is 1. The fourth-order valence-electron chi connectivity index (χ4n) is 3.27. The molecule has 0 bridgehead atoms. The van der Waals surface area contributed by atoms with Gasteiger partial charge in [-0.2, -0.15) is 0 Å². The Balaban J connectivity index is 1.51. The van der Waals surface area contributed by atoms with Gasteiger partial charge < -0.3 is 15.5 Å². The molecule has 0 radical (unpaired) electrons. The monoisotopic (exact) mass is 365 g/mol. The summed E-state index contributed by atoms with van der Waals surface area (Å²) >= 11 is 0. The van der Waals surface area contributed by atoms with Crippen molar-refractivity contribution in [3.05, 3.63) is 59.2 Å². The maximum atomic E-state index is 12.2. The van der Waals surface area contributed by atoms with Gasteiger partial charge in [0.25, 0.3) is 0 Å². The molecule has 0 aromatic heterocycles. The SMILES string of the molecule is Cc1ccc(C(C)NC(=O)CNc2ccc(N3CCCC3=O)cc2)cc1C. The Morgan fingerprint density at radius 3 is 2.48 bits per heavy atom. The summed E-state index contributed by atoms with van der Waals surface area (Å²) in [6, 6.07) is 13.9. The Hall–Kier alpha value is -2.82. The zero-order valence-electron chi connectivity index (χ0n) is 16.2. The summed E-state index contributed by atoms with van der Waals surface area (Å²) in [5.74, 6) is 0.120. The lowest BCUT2D eigenvalue weighted by Gasteiger charge is -2.17. The van der Waals surface area contributed by atoms with Crippen molar-refractivity contribution >= 4 is 23.2 Å². The summed E-state index contributed by atoms with van der Waals surface area (Å²) in [6.45, 7) is 7.14. The second-order valence-electron chi connectivity index (χ2n) is 7.18. The number of anilines is 2. The van der Waals surface area contributed by atoms with Crippen LogP contribution in [-0.4, -0.2) is 24.9 Å². The van der Waals surface area contributed by atoms with E-state index in [0.717, 1.165) is 29.9 Å². The number of hydrogen-bond donors (Lipinski definition) is 2. The molecule has 1 atom stereocenters. The predicted molar refractivity (Wildman–Crippen MR) is 109 cm³/mol. The van der Waals surface area contributed by atoms with E-state index in [0.29, 0.717) is 6.42 Å². The number of nitrogens with one attached hydrogen (secondary N) is 2. The summed E-state index contributed by atoms with van der Waals surface area (Å²) in [5.41, 5.74) is 5.35. The van der Waals surface area contributed by atoms with E-state index in [1.165, 1.54) is 11.1 Å². The minimum absolute atomic E-state index is 0.0397. The molecular formula is C22H27N3O2. The molecule has 5 heteroatoms. The lowest BCUT2D eigenvalue weighted by molar-refractivity contribution is -0.120. The minimum atomic E-state index is -0.0560. The fourth-order valence-corrected chi connectivity index (χ4v) is 3.27. The molecule has 2 aromatic rings. The second-order valence-corrected chi connectivity index (χ2v) is 7.18. The zero-order chi connectivity index (χ0) is 19.4. The van der Waals surface area contributed by atoms with Gasteiger partial charge in [0.15, 0.2) is 0 Å². The molecule has 1 aliphatic heterocycles. The van der Waals surface area contributed by atoms with E-state index < -0.39 is 0 Å². The molecule has 1 aliphatic rings. The maximum Gasteiger partial charge on any atom is 0.239 e. The first-order valence-corrected chi connectivity index (χ1v) is 9.45. The van der Waals surface area contributed by atoms with Gasteiger partial charge in [-0.1, -0.05) is 18.2 Å². The van der Waals surface area contributed by atoms with Crippen molar-refractivity contribution in [1.82, 2.24) is 5.32 Å². The van der Waals surface area contributed by atoms with E-state index in [4.69, 9.17) is 0 Å². The molecule has 1 fully saturated rings. The quantitative estimate of drug-likeness (QED) is 0.820. The van der Waals surface area contributed by atoms with E-state index in [1.807, 2.05) is 36.1 Å². The van der Waals surface area contributed by atoms with Crippen LogP contribution in [-0.2, 0) is 9.59 Å². The molecule has 0 saturated carbocycles. The third-order valence-electron chi connectivity index (χ3n) is 5.11. The fraction of sp³-hybridized carbons (Fsp3) is 0.364. The Morgan fingerprint density at radius 2 is 1.85 bits per heavy atom. The van der Waals surface area contributed by atoms with E-state index in [2.05, 4.69) is 42.7 Å². The van der Waals surface area contributed by atoms with Crippen molar-refractivity contribution in [2.75, 3.05) is 23.3 Å². The van der Waals surface area contributed by atoms with Crippen LogP contribution in [0.5, 0.6) is 0 Å². The number of carbonyl (C=O) groups is 2. The molecule has 2 aromatic carbocycles. The van der Waals surface area contributed by atoms with Gasteiger partial charge in [-0.15, -0.1) is 0 Å². The van der Waals surface area contributed by atoms with Gasteiger partial charge in [0.05, 0.1) is 12.6 Å². The number of rotatable bonds is 6. The molecule has 27 heavy (non-hydrogen) atoms. The minimum Gasteiger partial charge on any atom is -0.376 e. The first-order chi connectivity index (χ1) is 12.9. The molecule has 0 spiro atoms. The number of aryl methyl sites for hydroxylation is 2. The molecule has 2 N–H and O–H groups in total. The highest BCUT2D eigenvalue weighted by molar-refractivity contribution is 5.95. The third-order valence-corrected chi connectivity index (χ3v) is 5.11. The molecule has 3 rings (SSSR count). The normalized spacial score (nSPS) is 14.9. The van der Waals surface area contributed by atoms with E-state index >= 15 is 0 Å². The van der Waals surface area contributed by atoms with Gasteiger partial charge in [0.1, 0.15) is 0 Å². The highest BCUT2D eigenvalue weighted by Crippen LogP contribution is 2.23. The molecule has 1 unspecified atom stereocenters. The van der Waals surface area contributed by atoms with Gasteiger partial charge in [-0.3, -0.25) is 9.59 Å². The topological polar surface area (TPSA) is 61.4 Å². The van der Waals surface area contributed by atoms with Crippen LogP contribution in [0, 0.1) is 13.8 Å². The first-order valence-electron chi connectivity index (χ1n) is 9.45. The molecular weight excluding hydrogens is 338 g/mol. The van der Waals surface area contributed by atoms with Crippen LogP contribution in [0.25, 0.3) is 0 Å². The maximum absolute atomic E-state index is 12.2.